The van der Waals surface area contributed by atoms with Gasteiger partial charge in [-0.05, 0) is 11.1 Å². The maximum Gasteiger partial charge on any atom is 0.189 e. The van der Waals surface area contributed by atoms with Gasteiger partial charge >= 0.3 is 0 Å². The molecule has 122 valence electrons. The summed E-state index contributed by atoms with van der Waals surface area (Å²) in [4.78, 5) is 12.6. The molecule has 0 aliphatic carbocycles. The summed E-state index contributed by atoms with van der Waals surface area (Å²) in [5, 5.41) is 14.8. The van der Waals surface area contributed by atoms with Crippen LogP contribution in [0.5, 0.6) is 5.75 Å². The van der Waals surface area contributed by atoms with E-state index in [0.29, 0.717) is 12.2 Å². The highest BCUT2D eigenvalue weighted by Crippen LogP contribution is 2.31. The minimum absolute atomic E-state index is 0.0766. The summed E-state index contributed by atoms with van der Waals surface area (Å²) in [7, 11) is 1.66. The number of rotatable bonds is 5. The smallest absolute Gasteiger partial charge is 0.189 e. The van der Waals surface area contributed by atoms with Crippen LogP contribution in [0.4, 0.5) is 0 Å². The number of nitrogens with zero attached hydrogens (tertiary/aromatic N) is 2. The number of carbonyl (C=O) groups excluding carboxylic acids is 1. The van der Waals surface area contributed by atoms with E-state index in [4.69, 9.17) is 5.73 Å². The van der Waals surface area contributed by atoms with E-state index >= 15 is 0 Å². The van der Waals surface area contributed by atoms with Gasteiger partial charge in [0.25, 0.3) is 0 Å². The van der Waals surface area contributed by atoms with Gasteiger partial charge in [-0.2, -0.15) is 5.10 Å². The summed E-state index contributed by atoms with van der Waals surface area (Å²) in [6.07, 6.45) is 0.201. The fourth-order valence-electron chi connectivity index (χ4n) is 2.68. The van der Waals surface area contributed by atoms with Crippen molar-refractivity contribution in [2.24, 2.45) is 12.8 Å². The van der Waals surface area contributed by atoms with E-state index in [2.05, 4.69) is 5.10 Å². The molecule has 0 unspecified atom stereocenters. The molecule has 0 saturated carbocycles. The first-order valence-electron chi connectivity index (χ1n) is 7.72. The van der Waals surface area contributed by atoms with Gasteiger partial charge in [0, 0.05) is 25.6 Å². The monoisotopic (exact) mass is 321 g/mol. The Morgan fingerprint density at radius 1 is 1.08 bits per heavy atom. The summed E-state index contributed by atoms with van der Waals surface area (Å²) in [5.74, 6) is -0.252. The largest absolute Gasteiger partial charge is 0.504 e. The fourth-order valence-corrected chi connectivity index (χ4v) is 2.68. The van der Waals surface area contributed by atoms with E-state index in [-0.39, 0.29) is 23.6 Å². The van der Waals surface area contributed by atoms with E-state index in [0.717, 1.165) is 16.7 Å². The molecule has 5 nitrogen and oxygen atoms in total. The number of hydrogen-bond donors (Lipinski definition) is 2. The third-order valence-corrected chi connectivity index (χ3v) is 3.96. The molecule has 3 N–H and O–H groups in total. The second-order valence-electron chi connectivity index (χ2n) is 5.66. The Morgan fingerprint density at radius 3 is 2.33 bits per heavy atom. The molecule has 0 fully saturated rings. The van der Waals surface area contributed by atoms with E-state index in [1.807, 2.05) is 54.6 Å². The van der Waals surface area contributed by atoms with Crippen molar-refractivity contribution in [1.29, 1.82) is 0 Å². The van der Waals surface area contributed by atoms with Crippen molar-refractivity contribution in [2.45, 2.75) is 13.0 Å². The van der Waals surface area contributed by atoms with Crippen LogP contribution in [0.1, 0.15) is 21.6 Å². The lowest BCUT2D eigenvalue weighted by Crippen LogP contribution is -2.10. The maximum atomic E-state index is 12.6. The molecular formula is C19H19N3O2. The number of aromatic nitrogens is 2. The van der Waals surface area contributed by atoms with Gasteiger partial charge in [-0.1, -0.05) is 54.6 Å². The molecule has 3 rings (SSSR count). The number of Topliss-reactive ketones (excluding diaryl/α,β-unsaturated/α-hetero) is 1. The Balaban J connectivity index is 1.88. The summed E-state index contributed by atoms with van der Waals surface area (Å²) >= 11 is 0. The fraction of sp³-hybridized carbons (Fsp3) is 0.158. The number of carbonyl (C=O) groups is 1. The van der Waals surface area contributed by atoms with Gasteiger partial charge in [0.2, 0.25) is 0 Å². The molecule has 0 spiro atoms. The summed E-state index contributed by atoms with van der Waals surface area (Å²) < 4.78 is 1.44. The molecule has 24 heavy (non-hydrogen) atoms. The van der Waals surface area contributed by atoms with Crippen LogP contribution in [0.15, 0.2) is 54.6 Å². The van der Waals surface area contributed by atoms with Crippen LogP contribution in [0.3, 0.4) is 0 Å². The van der Waals surface area contributed by atoms with E-state index in [9.17, 15) is 9.90 Å². The zero-order chi connectivity index (χ0) is 17.1. The van der Waals surface area contributed by atoms with Crippen LogP contribution >= 0.6 is 0 Å². The Bertz CT molecular complexity index is 852. The highest BCUT2D eigenvalue weighted by Gasteiger charge is 2.22. The van der Waals surface area contributed by atoms with Crippen molar-refractivity contribution in [3.63, 3.8) is 0 Å². The number of benzene rings is 2. The van der Waals surface area contributed by atoms with Crippen LogP contribution in [0, 0.1) is 0 Å². The molecule has 5 heteroatoms. The number of nitrogens with two attached hydrogens (primary N) is 1. The molecule has 3 aromatic rings. The highest BCUT2D eigenvalue weighted by molar-refractivity contribution is 6.00. The maximum absolute atomic E-state index is 12.6. The van der Waals surface area contributed by atoms with Crippen molar-refractivity contribution in [3.05, 3.63) is 71.4 Å². The predicted molar refractivity (Wildman–Crippen MR) is 92.7 cm³/mol. The molecule has 1 aromatic heterocycles. The quantitative estimate of drug-likeness (QED) is 0.708. The average molecular weight is 321 g/mol. The lowest BCUT2D eigenvalue weighted by molar-refractivity contribution is 0.0981. The Labute approximate surface area is 140 Å². The van der Waals surface area contributed by atoms with Crippen molar-refractivity contribution in [3.8, 4) is 17.0 Å². The topological polar surface area (TPSA) is 81.1 Å². The highest BCUT2D eigenvalue weighted by atomic mass is 16.3. The van der Waals surface area contributed by atoms with Crippen molar-refractivity contribution in [1.82, 2.24) is 9.78 Å². The average Bonchev–Trinajstić information content (AvgIpc) is 2.91. The first kappa shape index (κ1) is 16.0. The van der Waals surface area contributed by atoms with Crippen molar-refractivity contribution < 1.29 is 9.90 Å². The Morgan fingerprint density at radius 2 is 1.71 bits per heavy atom. The predicted octanol–water partition coefficient (Wildman–Crippen LogP) is 2.68. The van der Waals surface area contributed by atoms with Gasteiger partial charge in [-0.25, -0.2) is 0 Å². The zero-order valence-corrected chi connectivity index (χ0v) is 13.4. The third kappa shape index (κ3) is 3.07. The first-order valence-corrected chi connectivity index (χ1v) is 7.72. The second-order valence-corrected chi connectivity index (χ2v) is 5.66. The van der Waals surface area contributed by atoms with Gasteiger partial charge in [0.15, 0.2) is 11.5 Å². The van der Waals surface area contributed by atoms with Crippen LogP contribution < -0.4 is 5.73 Å². The van der Waals surface area contributed by atoms with Crippen LogP contribution in [0.2, 0.25) is 0 Å². The standard InChI is InChI=1S/C19H19N3O2/c1-22-18(16(23)11-13-7-9-14(12-20)10-8-13)19(24)17(21-22)15-5-3-2-4-6-15/h2-10,24H,11-12,20H2,1H3. The van der Waals surface area contributed by atoms with Gasteiger partial charge in [0.05, 0.1) is 0 Å². The van der Waals surface area contributed by atoms with Crippen LogP contribution in [-0.4, -0.2) is 20.7 Å². The van der Waals surface area contributed by atoms with Gasteiger partial charge < -0.3 is 10.8 Å². The number of aromatic hydroxyl groups is 1. The SMILES string of the molecule is Cn1nc(-c2ccccc2)c(O)c1C(=O)Cc1ccc(CN)cc1. The normalized spacial score (nSPS) is 10.8. The number of hydrogen-bond acceptors (Lipinski definition) is 4. The summed E-state index contributed by atoms with van der Waals surface area (Å²) in [5.41, 5.74) is 8.88. The van der Waals surface area contributed by atoms with Crippen molar-refractivity contribution in [2.75, 3.05) is 0 Å². The molecule has 0 radical (unpaired) electrons. The Hall–Kier alpha value is -2.92. The number of ketones is 1. The molecule has 0 amide bonds. The van der Waals surface area contributed by atoms with Crippen LogP contribution in [0.25, 0.3) is 11.3 Å². The summed E-state index contributed by atoms with van der Waals surface area (Å²) in [6.45, 7) is 0.469. The summed E-state index contributed by atoms with van der Waals surface area (Å²) in [6, 6.07) is 16.9. The van der Waals surface area contributed by atoms with E-state index < -0.39 is 0 Å². The molecule has 0 saturated heterocycles. The van der Waals surface area contributed by atoms with Gasteiger partial charge in [0.1, 0.15) is 11.4 Å². The first-order chi connectivity index (χ1) is 11.6. The van der Waals surface area contributed by atoms with E-state index in [1.54, 1.807) is 7.05 Å². The molecule has 2 aromatic carbocycles. The van der Waals surface area contributed by atoms with Crippen molar-refractivity contribution >= 4 is 5.78 Å². The van der Waals surface area contributed by atoms with Crippen LogP contribution in [-0.2, 0) is 20.0 Å². The second kappa shape index (κ2) is 6.68. The molecule has 1 heterocycles. The third-order valence-electron chi connectivity index (χ3n) is 3.96. The van der Waals surface area contributed by atoms with Gasteiger partial charge in [-0.15, -0.1) is 0 Å². The zero-order valence-electron chi connectivity index (χ0n) is 13.4. The van der Waals surface area contributed by atoms with Gasteiger partial charge in [-0.3, -0.25) is 9.48 Å². The molecule has 0 bridgehead atoms. The van der Waals surface area contributed by atoms with E-state index in [1.165, 1.54) is 4.68 Å². The molecule has 0 aliphatic heterocycles. The lowest BCUT2D eigenvalue weighted by atomic mass is 10.0. The molecule has 0 aliphatic rings. The molecule has 0 atom stereocenters. The number of aryl methyl sites for hydroxylation is 1. The Kier molecular flexibility index (Phi) is 4.44. The minimum atomic E-state index is -0.176. The minimum Gasteiger partial charge on any atom is -0.504 e. The molecular weight excluding hydrogens is 302 g/mol. The lowest BCUT2D eigenvalue weighted by Gasteiger charge is -2.04.